The van der Waals surface area contributed by atoms with Gasteiger partial charge >= 0.3 is 0 Å². The van der Waals surface area contributed by atoms with Gasteiger partial charge in [0, 0.05) is 17.7 Å². The lowest BCUT2D eigenvalue weighted by molar-refractivity contribution is 0.607. The van der Waals surface area contributed by atoms with E-state index in [1.165, 1.54) is 11.3 Å². The number of aromatic nitrogens is 4. The Morgan fingerprint density at radius 3 is 2.85 bits per heavy atom. The third-order valence-corrected chi connectivity index (χ3v) is 4.11. The lowest BCUT2D eigenvalue weighted by atomic mass is 10.1. The number of anilines is 1. The summed E-state index contributed by atoms with van der Waals surface area (Å²) in [5, 5.41) is 14.3. The van der Waals surface area contributed by atoms with E-state index in [1.54, 1.807) is 10.6 Å². The Hall–Kier alpha value is -1.66. The molecule has 2 heterocycles. The first-order valence-electron chi connectivity index (χ1n) is 6.31. The van der Waals surface area contributed by atoms with E-state index in [0.717, 1.165) is 27.8 Å². The van der Waals surface area contributed by atoms with Gasteiger partial charge < -0.3 is 5.73 Å². The van der Waals surface area contributed by atoms with Crippen molar-refractivity contribution in [3.05, 3.63) is 29.0 Å². The minimum Gasteiger partial charge on any atom is -0.399 e. The summed E-state index contributed by atoms with van der Waals surface area (Å²) >= 11 is 7.70. The van der Waals surface area contributed by atoms with Crippen molar-refractivity contribution < 1.29 is 0 Å². The second-order valence-corrected chi connectivity index (χ2v) is 6.42. The zero-order chi connectivity index (χ0) is 14.3. The molecule has 0 fully saturated rings. The maximum absolute atomic E-state index is 6.22. The monoisotopic (exact) mass is 307 g/mol. The molecule has 0 saturated carbocycles. The van der Waals surface area contributed by atoms with Crippen LogP contribution in [0.25, 0.3) is 15.5 Å². The summed E-state index contributed by atoms with van der Waals surface area (Å²) in [6, 6.07) is 5.43. The maximum atomic E-state index is 6.22. The molecular formula is C13H14ClN5S. The first-order chi connectivity index (χ1) is 9.54. The van der Waals surface area contributed by atoms with E-state index in [1.807, 2.05) is 12.1 Å². The second kappa shape index (κ2) is 5.03. The third kappa shape index (κ3) is 2.36. The highest BCUT2D eigenvalue weighted by Crippen LogP contribution is 2.32. The number of hydrogen-bond donors (Lipinski definition) is 1. The van der Waals surface area contributed by atoms with Crippen molar-refractivity contribution in [2.45, 2.75) is 20.3 Å². The van der Waals surface area contributed by atoms with E-state index in [9.17, 15) is 0 Å². The molecule has 104 valence electrons. The number of fused-ring (bicyclic) bond motifs is 1. The van der Waals surface area contributed by atoms with Crippen LogP contribution in [0.4, 0.5) is 5.69 Å². The van der Waals surface area contributed by atoms with Crippen LogP contribution in [0.2, 0.25) is 5.02 Å². The summed E-state index contributed by atoms with van der Waals surface area (Å²) in [5.74, 6) is 1.39. The van der Waals surface area contributed by atoms with E-state index < -0.39 is 0 Å². The maximum Gasteiger partial charge on any atom is 0.234 e. The molecule has 3 aromatic rings. The highest BCUT2D eigenvalue weighted by molar-refractivity contribution is 7.19. The largest absolute Gasteiger partial charge is 0.399 e. The summed E-state index contributed by atoms with van der Waals surface area (Å²) in [5.41, 5.74) is 7.22. The van der Waals surface area contributed by atoms with Crippen LogP contribution in [0, 0.1) is 5.92 Å². The summed E-state index contributed by atoms with van der Waals surface area (Å²) in [4.78, 5) is 0.781. The highest BCUT2D eigenvalue weighted by Gasteiger charge is 2.15. The van der Waals surface area contributed by atoms with Crippen molar-refractivity contribution in [1.29, 1.82) is 0 Å². The SMILES string of the molecule is CC(C)Cc1nnc2sc(-c3ccc(N)cc3Cl)nn12. The Kier molecular flexibility index (Phi) is 3.35. The van der Waals surface area contributed by atoms with Crippen molar-refractivity contribution in [3.63, 3.8) is 0 Å². The normalized spacial score (nSPS) is 11.6. The smallest absolute Gasteiger partial charge is 0.234 e. The molecule has 20 heavy (non-hydrogen) atoms. The molecule has 2 N–H and O–H groups in total. The first-order valence-corrected chi connectivity index (χ1v) is 7.50. The highest BCUT2D eigenvalue weighted by atomic mass is 35.5. The summed E-state index contributed by atoms with van der Waals surface area (Å²) in [7, 11) is 0. The van der Waals surface area contributed by atoms with Crippen LogP contribution in [-0.2, 0) is 6.42 Å². The van der Waals surface area contributed by atoms with Crippen LogP contribution in [0.5, 0.6) is 0 Å². The molecule has 0 bridgehead atoms. The van der Waals surface area contributed by atoms with Gasteiger partial charge in [-0.05, 0) is 24.1 Å². The van der Waals surface area contributed by atoms with Gasteiger partial charge in [-0.3, -0.25) is 0 Å². The summed E-state index contributed by atoms with van der Waals surface area (Å²) in [6.07, 6.45) is 0.847. The Balaban J connectivity index is 2.06. The van der Waals surface area contributed by atoms with Gasteiger partial charge in [0.05, 0.1) is 5.02 Å². The quantitative estimate of drug-likeness (QED) is 0.754. The molecule has 0 aliphatic carbocycles. The van der Waals surface area contributed by atoms with Crippen molar-refractivity contribution in [1.82, 2.24) is 19.8 Å². The van der Waals surface area contributed by atoms with E-state index >= 15 is 0 Å². The topological polar surface area (TPSA) is 69.1 Å². The number of rotatable bonds is 3. The molecule has 3 rings (SSSR count). The van der Waals surface area contributed by atoms with Crippen LogP contribution >= 0.6 is 22.9 Å². The zero-order valence-corrected chi connectivity index (χ0v) is 12.7. The zero-order valence-electron chi connectivity index (χ0n) is 11.2. The predicted molar refractivity (Wildman–Crippen MR) is 82.1 cm³/mol. The van der Waals surface area contributed by atoms with E-state index in [2.05, 4.69) is 29.1 Å². The van der Waals surface area contributed by atoms with E-state index in [4.69, 9.17) is 17.3 Å². The lowest BCUT2D eigenvalue weighted by Crippen LogP contribution is -2.01. The third-order valence-electron chi connectivity index (χ3n) is 2.87. The number of hydrogen-bond acceptors (Lipinski definition) is 5. The summed E-state index contributed by atoms with van der Waals surface area (Å²) in [6.45, 7) is 4.29. The molecule has 0 saturated heterocycles. The molecule has 1 aromatic carbocycles. The van der Waals surface area contributed by atoms with Gasteiger partial charge in [0.15, 0.2) is 5.82 Å². The standard InChI is InChI=1S/C13H14ClN5S/c1-7(2)5-11-16-17-13-19(11)18-12(20-13)9-4-3-8(15)6-10(9)14/h3-4,6-7H,5,15H2,1-2H3. The van der Waals surface area contributed by atoms with Gasteiger partial charge in [-0.1, -0.05) is 36.8 Å². The molecule has 0 radical (unpaired) electrons. The lowest BCUT2D eigenvalue weighted by Gasteiger charge is -2.01. The van der Waals surface area contributed by atoms with Crippen LogP contribution in [0.1, 0.15) is 19.7 Å². The number of nitrogens with two attached hydrogens (primary N) is 1. The first kappa shape index (κ1) is 13.3. The molecule has 5 nitrogen and oxygen atoms in total. The van der Waals surface area contributed by atoms with Crippen molar-refractivity contribution in [2.75, 3.05) is 5.73 Å². The van der Waals surface area contributed by atoms with Crippen LogP contribution in [0.15, 0.2) is 18.2 Å². The van der Waals surface area contributed by atoms with Crippen LogP contribution < -0.4 is 5.73 Å². The molecule has 7 heteroatoms. The average Bonchev–Trinajstić information content (AvgIpc) is 2.91. The van der Waals surface area contributed by atoms with Crippen molar-refractivity contribution in [2.24, 2.45) is 5.92 Å². The molecule has 0 aliphatic heterocycles. The van der Waals surface area contributed by atoms with E-state index in [-0.39, 0.29) is 0 Å². The number of benzene rings is 1. The molecular weight excluding hydrogens is 294 g/mol. The fourth-order valence-corrected chi connectivity index (χ4v) is 3.20. The van der Waals surface area contributed by atoms with Gasteiger partial charge in [-0.25, -0.2) is 0 Å². The Morgan fingerprint density at radius 1 is 1.35 bits per heavy atom. The fourth-order valence-electron chi connectivity index (χ4n) is 1.96. The Morgan fingerprint density at radius 2 is 2.15 bits per heavy atom. The van der Waals surface area contributed by atoms with Gasteiger partial charge in [-0.15, -0.1) is 10.2 Å². The number of halogens is 1. The number of nitrogen functional groups attached to an aromatic ring is 1. The van der Waals surface area contributed by atoms with Crippen LogP contribution in [-0.4, -0.2) is 19.8 Å². The van der Waals surface area contributed by atoms with Crippen molar-refractivity contribution in [3.8, 4) is 10.6 Å². The molecule has 0 unspecified atom stereocenters. The van der Waals surface area contributed by atoms with Crippen molar-refractivity contribution >= 4 is 33.6 Å². The van der Waals surface area contributed by atoms with Gasteiger partial charge in [0.1, 0.15) is 5.01 Å². The second-order valence-electron chi connectivity index (χ2n) is 5.06. The predicted octanol–water partition coefficient (Wildman–Crippen LogP) is 3.29. The minimum absolute atomic E-state index is 0.507. The summed E-state index contributed by atoms with van der Waals surface area (Å²) < 4.78 is 1.80. The van der Waals surface area contributed by atoms with Gasteiger partial charge in [0.2, 0.25) is 4.96 Å². The molecule has 0 amide bonds. The fraction of sp³-hybridized carbons (Fsp3) is 0.308. The Bertz CT molecular complexity index is 761. The number of nitrogens with zero attached hydrogens (tertiary/aromatic N) is 4. The molecule has 0 aliphatic rings. The van der Waals surface area contributed by atoms with Crippen LogP contribution in [0.3, 0.4) is 0 Å². The van der Waals surface area contributed by atoms with Gasteiger partial charge in [0.25, 0.3) is 0 Å². The van der Waals surface area contributed by atoms with Gasteiger partial charge in [-0.2, -0.15) is 9.61 Å². The molecule has 0 spiro atoms. The average molecular weight is 308 g/mol. The molecule has 2 aromatic heterocycles. The van der Waals surface area contributed by atoms with E-state index in [0.29, 0.717) is 16.6 Å². The Labute approximate surface area is 125 Å². The molecule has 0 atom stereocenters. The minimum atomic E-state index is 0.507.